The Morgan fingerprint density at radius 1 is 1.07 bits per heavy atom. The second-order valence-electron chi connectivity index (χ2n) is 7.19. The molecule has 0 saturated carbocycles. The van der Waals surface area contributed by atoms with E-state index in [4.69, 9.17) is 15.5 Å². The lowest BCUT2D eigenvalue weighted by atomic mass is 10.1. The van der Waals surface area contributed by atoms with Gasteiger partial charge in [0, 0.05) is 18.7 Å². The second kappa shape index (κ2) is 8.38. The maximum Gasteiger partial charge on any atom is 0.225 e. The zero-order valence-electron chi connectivity index (χ0n) is 17.3. The van der Waals surface area contributed by atoms with Crippen LogP contribution in [0.5, 0.6) is 5.75 Å². The highest BCUT2D eigenvalue weighted by molar-refractivity contribution is 5.99. The summed E-state index contributed by atoms with van der Waals surface area (Å²) in [6.07, 6.45) is 0. The number of rotatable bonds is 7. The molecule has 0 spiro atoms. The van der Waals surface area contributed by atoms with Crippen LogP contribution in [0.3, 0.4) is 0 Å². The highest BCUT2D eigenvalue weighted by Crippen LogP contribution is 2.34. The van der Waals surface area contributed by atoms with Crippen molar-refractivity contribution in [2.45, 2.75) is 0 Å². The van der Waals surface area contributed by atoms with E-state index in [0.29, 0.717) is 35.0 Å². The summed E-state index contributed by atoms with van der Waals surface area (Å²) < 4.78 is 7.10. The number of para-hydroxylation sites is 1. The maximum absolute atomic E-state index is 6.53. The van der Waals surface area contributed by atoms with Crippen LogP contribution >= 0.6 is 0 Å². The van der Waals surface area contributed by atoms with Gasteiger partial charge in [0.15, 0.2) is 5.65 Å². The molecule has 0 radical (unpaired) electrons. The first-order chi connectivity index (χ1) is 14.6. The van der Waals surface area contributed by atoms with E-state index in [1.54, 1.807) is 11.8 Å². The van der Waals surface area contributed by atoms with Crippen molar-refractivity contribution in [3.8, 4) is 22.7 Å². The van der Waals surface area contributed by atoms with Crippen LogP contribution in [0.4, 0.5) is 11.8 Å². The van der Waals surface area contributed by atoms with Crippen molar-refractivity contribution in [1.82, 2.24) is 24.6 Å². The molecule has 0 aliphatic heterocycles. The lowest BCUT2D eigenvalue weighted by Gasteiger charge is -2.12. The molecule has 30 heavy (non-hydrogen) atoms. The molecule has 0 atom stereocenters. The summed E-state index contributed by atoms with van der Waals surface area (Å²) in [5, 5.41) is 8.68. The molecule has 0 fully saturated rings. The van der Waals surface area contributed by atoms with Crippen LogP contribution < -0.4 is 15.8 Å². The number of nitrogens with zero attached hydrogens (tertiary/aromatic N) is 5. The molecule has 0 aliphatic rings. The molecule has 8 heteroatoms. The summed E-state index contributed by atoms with van der Waals surface area (Å²) >= 11 is 0. The molecular formula is C22H25N7O. The summed E-state index contributed by atoms with van der Waals surface area (Å²) in [7, 11) is 5.69. The number of ether oxygens (including phenoxy) is 1. The van der Waals surface area contributed by atoms with Gasteiger partial charge in [-0.3, -0.25) is 0 Å². The van der Waals surface area contributed by atoms with E-state index in [9.17, 15) is 0 Å². The van der Waals surface area contributed by atoms with Gasteiger partial charge in [-0.1, -0.05) is 30.3 Å². The molecule has 0 unspecified atom stereocenters. The quantitative estimate of drug-likeness (QED) is 0.490. The Bertz CT molecular complexity index is 1160. The van der Waals surface area contributed by atoms with Crippen LogP contribution in [0.25, 0.3) is 28.0 Å². The van der Waals surface area contributed by atoms with Crippen molar-refractivity contribution in [1.29, 1.82) is 0 Å². The number of methoxy groups -OCH3 is 1. The number of aromatic nitrogens is 4. The van der Waals surface area contributed by atoms with Gasteiger partial charge in [0.2, 0.25) is 5.95 Å². The van der Waals surface area contributed by atoms with Gasteiger partial charge in [-0.15, -0.1) is 5.10 Å². The molecule has 4 aromatic rings. The summed E-state index contributed by atoms with van der Waals surface area (Å²) in [5.41, 5.74) is 9.54. The van der Waals surface area contributed by atoms with Crippen LogP contribution in [0.15, 0.2) is 54.6 Å². The predicted octanol–water partition coefficient (Wildman–Crippen LogP) is 3.05. The molecule has 154 valence electrons. The molecule has 2 aromatic heterocycles. The monoisotopic (exact) mass is 403 g/mol. The third-order valence-electron chi connectivity index (χ3n) is 4.76. The van der Waals surface area contributed by atoms with E-state index in [2.05, 4.69) is 20.3 Å². The first-order valence-electron chi connectivity index (χ1n) is 9.71. The highest BCUT2D eigenvalue weighted by atomic mass is 16.5. The number of nitrogens with two attached hydrogens (primary N) is 1. The van der Waals surface area contributed by atoms with Crippen molar-refractivity contribution >= 4 is 22.8 Å². The summed E-state index contributed by atoms with van der Waals surface area (Å²) in [5.74, 6) is 1.75. The number of likely N-dealkylation sites (N-methyl/N-ethyl adjacent to an activating group) is 1. The molecule has 8 nitrogen and oxygen atoms in total. The van der Waals surface area contributed by atoms with Gasteiger partial charge in [0.25, 0.3) is 0 Å². The number of fused-ring (bicyclic) bond motifs is 1. The first-order valence-corrected chi connectivity index (χ1v) is 9.71. The van der Waals surface area contributed by atoms with Crippen LogP contribution in [0.1, 0.15) is 0 Å². The van der Waals surface area contributed by atoms with E-state index in [0.717, 1.165) is 23.5 Å². The minimum absolute atomic E-state index is 0.494. The number of benzene rings is 2. The molecule has 0 bridgehead atoms. The summed E-state index contributed by atoms with van der Waals surface area (Å²) in [6, 6.07) is 17.5. The second-order valence-corrected chi connectivity index (χ2v) is 7.19. The Morgan fingerprint density at radius 3 is 2.60 bits per heavy atom. The smallest absolute Gasteiger partial charge is 0.225 e. The number of nitrogen functional groups attached to an aromatic ring is 1. The van der Waals surface area contributed by atoms with E-state index < -0.39 is 0 Å². The van der Waals surface area contributed by atoms with Crippen LogP contribution in [0, 0.1) is 0 Å². The van der Waals surface area contributed by atoms with Crippen molar-refractivity contribution in [3.05, 3.63) is 54.6 Å². The Kier molecular flexibility index (Phi) is 5.49. The minimum Gasteiger partial charge on any atom is -0.497 e. The van der Waals surface area contributed by atoms with Crippen LogP contribution in [-0.4, -0.2) is 58.9 Å². The SMILES string of the molecule is COc1cccc(-c2nc(NCCN(C)C)nc3nn(-c4ccccc4)c(N)c23)c1. The van der Waals surface area contributed by atoms with Gasteiger partial charge < -0.3 is 20.7 Å². The average molecular weight is 403 g/mol. The lowest BCUT2D eigenvalue weighted by molar-refractivity contribution is 0.415. The Balaban J connectivity index is 1.88. The molecular weight excluding hydrogens is 378 g/mol. The standard InChI is InChI=1S/C22H25N7O/c1-28(2)13-12-24-22-25-19(15-8-7-11-17(14-15)30-3)18-20(23)29(27-21(18)26-22)16-9-5-4-6-10-16/h4-11,14H,12-13,23H2,1-3H3,(H,24,26,27). The van der Waals surface area contributed by atoms with Gasteiger partial charge in [0.05, 0.1) is 23.9 Å². The molecule has 0 amide bonds. The molecule has 2 aromatic carbocycles. The number of hydrogen-bond acceptors (Lipinski definition) is 7. The average Bonchev–Trinajstić information content (AvgIpc) is 3.10. The van der Waals surface area contributed by atoms with Crippen molar-refractivity contribution in [3.63, 3.8) is 0 Å². The van der Waals surface area contributed by atoms with Gasteiger partial charge in [-0.2, -0.15) is 4.98 Å². The highest BCUT2D eigenvalue weighted by Gasteiger charge is 2.19. The fraction of sp³-hybridized carbons (Fsp3) is 0.227. The summed E-state index contributed by atoms with van der Waals surface area (Å²) in [4.78, 5) is 11.5. The van der Waals surface area contributed by atoms with Crippen LogP contribution in [0.2, 0.25) is 0 Å². The Morgan fingerprint density at radius 2 is 1.87 bits per heavy atom. The molecule has 4 rings (SSSR count). The number of anilines is 2. The van der Waals surface area contributed by atoms with E-state index in [1.165, 1.54) is 0 Å². The Labute approximate surface area is 175 Å². The number of nitrogens with one attached hydrogen (secondary N) is 1. The molecule has 3 N–H and O–H groups in total. The summed E-state index contributed by atoms with van der Waals surface area (Å²) in [6.45, 7) is 1.57. The predicted molar refractivity (Wildman–Crippen MR) is 120 cm³/mol. The topological polar surface area (TPSA) is 94.1 Å². The fourth-order valence-electron chi connectivity index (χ4n) is 3.23. The fourth-order valence-corrected chi connectivity index (χ4v) is 3.23. The normalized spacial score (nSPS) is 11.2. The third kappa shape index (κ3) is 3.90. The largest absolute Gasteiger partial charge is 0.497 e. The van der Waals surface area contributed by atoms with Crippen molar-refractivity contribution in [2.24, 2.45) is 0 Å². The van der Waals surface area contributed by atoms with Gasteiger partial charge in [-0.25, -0.2) is 9.67 Å². The van der Waals surface area contributed by atoms with Gasteiger partial charge in [-0.05, 0) is 38.4 Å². The molecule has 0 saturated heterocycles. The molecule has 2 heterocycles. The van der Waals surface area contributed by atoms with Crippen LogP contribution in [-0.2, 0) is 0 Å². The van der Waals surface area contributed by atoms with Gasteiger partial charge in [0.1, 0.15) is 11.6 Å². The third-order valence-corrected chi connectivity index (χ3v) is 4.76. The van der Waals surface area contributed by atoms with E-state index in [-0.39, 0.29) is 0 Å². The zero-order valence-corrected chi connectivity index (χ0v) is 17.3. The zero-order chi connectivity index (χ0) is 21.1. The van der Waals surface area contributed by atoms with Crippen molar-refractivity contribution in [2.75, 3.05) is 45.3 Å². The molecule has 0 aliphatic carbocycles. The minimum atomic E-state index is 0.494. The first kappa shape index (κ1) is 19.7. The Hall–Kier alpha value is -3.65. The van der Waals surface area contributed by atoms with Gasteiger partial charge >= 0.3 is 0 Å². The maximum atomic E-state index is 6.53. The lowest BCUT2D eigenvalue weighted by Crippen LogP contribution is -2.21. The van der Waals surface area contributed by atoms with E-state index >= 15 is 0 Å². The van der Waals surface area contributed by atoms with Crippen molar-refractivity contribution < 1.29 is 4.74 Å². The number of hydrogen-bond donors (Lipinski definition) is 2. The van der Waals surface area contributed by atoms with E-state index in [1.807, 2.05) is 68.7 Å².